The molecule has 2 amide bonds. The van der Waals surface area contributed by atoms with Gasteiger partial charge in [0, 0.05) is 26.2 Å². The number of carboxylic acids is 1. The molecule has 0 radical (unpaired) electrons. The Kier molecular flexibility index (Phi) is 5.81. The molecule has 120 valence electrons. The third-order valence-corrected chi connectivity index (χ3v) is 4.00. The molecule has 0 aliphatic carbocycles. The van der Waals surface area contributed by atoms with Gasteiger partial charge in [0.05, 0.1) is 31.8 Å². The first-order valence-electron chi connectivity index (χ1n) is 7.58. The van der Waals surface area contributed by atoms with E-state index in [9.17, 15) is 9.59 Å². The highest BCUT2D eigenvalue weighted by Gasteiger charge is 2.33. The van der Waals surface area contributed by atoms with Crippen molar-refractivity contribution >= 4 is 12.0 Å². The smallest absolute Gasteiger partial charge is 0.320 e. The number of rotatable bonds is 4. The second-order valence-electron chi connectivity index (χ2n) is 5.44. The van der Waals surface area contributed by atoms with Gasteiger partial charge in [0.15, 0.2) is 0 Å². The Hall–Kier alpha value is -1.34. The standard InChI is InChI=1S/C14H24N2O5/c1-2-21-12-3-5-15(6-4-12)14(19)16-7-8-20-10-11(16)9-13(17)18/h11-12H,2-10H2,1H3,(H,17,18). The van der Waals surface area contributed by atoms with Gasteiger partial charge in [-0.3, -0.25) is 4.79 Å². The number of carbonyl (C=O) groups excluding carboxylic acids is 1. The molecule has 2 heterocycles. The number of hydrogen-bond acceptors (Lipinski definition) is 4. The molecule has 0 bridgehead atoms. The van der Waals surface area contributed by atoms with Crippen LogP contribution in [0, 0.1) is 0 Å². The van der Waals surface area contributed by atoms with E-state index in [-0.39, 0.29) is 24.6 Å². The van der Waals surface area contributed by atoms with Crippen LogP contribution in [-0.2, 0) is 14.3 Å². The molecule has 0 aromatic carbocycles. The van der Waals surface area contributed by atoms with Crippen molar-refractivity contribution in [2.24, 2.45) is 0 Å². The third-order valence-electron chi connectivity index (χ3n) is 4.00. The molecular weight excluding hydrogens is 276 g/mol. The summed E-state index contributed by atoms with van der Waals surface area (Å²) in [5.41, 5.74) is 0. The van der Waals surface area contributed by atoms with Crippen molar-refractivity contribution in [2.75, 3.05) is 39.5 Å². The number of nitrogens with zero attached hydrogens (tertiary/aromatic N) is 2. The molecule has 0 spiro atoms. The van der Waals surface area contributed by atoms with Gasteiger partial charge in [0.25, 0.3) is 0 Å². The summed E-state index contributed by atoms with van der Waals surface area (Å²) in [7, 11) is 0. The van der Waals surface area contributed by atoms with Crippen molar-refractivity contribution in [3.8, 4) is 0 Å². The SMILES string of the molecule is CCOC1CCN(C(=O)N2CCOCC2CC(=O)O)CC1. The van der Waals surface area contributed by atoms with E-state index < -0.39 is 5.97 Å². The van der Waals surface area contributed by atoms with Gasteiger partial charge in [-0.25, -0.2) is 4.79 Å². The normalized spacial score (nSPS) is 24.1. The Morgan fingerprint density at radius 1 is 1.29 bits per heavy atom. The number of aliphatic carboxylic acids is 1. The van der Waals surface area contributed by atoms with E-state index >= 15 is 0 Å². The quantitative estimate of drug-likeness (QED) is 0.830. The highest BCUT2D eigenvalue weighted by Crippen LogP contribution is 2.18. The number of ether oxygens (including phenoxy) is 2. The highest BCUT2D eigenvalue weighted by molar-refractivity contribution is 5.76. The van der Waals surface area contributed by atoms with E-state index in [1.165, 1.54) is 0 Å². The van der Waals surface area contributed by atoms with E-state index in [4.69, 9.17) is 14.6 Å². The van der Waals surface area contributed by atoms with Gasteiger partial charge in [-0.2, -0.15) is 0 Å². The number of likely N-dealkylation sites (tertiary alicyclic amines) is 1. The Bertz CT molecular complexity index is 368. The van der Waals surface area contributed by atoms with Crippen LogP contribution < -0.4 is 0 Å². The van der Waals surface area contributed by atoms with Crippen molar-refractivity contribution in [2.45, 2.75) is 38.3 Å². The molecule has 7 nitrogen and oxygen atoms in total. The van der Waals surface area contributed by atoms with Gasteiger partial charge < -0.3 is 24.4 Å². The summed E-state index contributed by atoms with van der Waals surface area (Å²) in [5, 5.41) is 8.95. The van der Waals surface area contributed by atoms with E-state index in [0.717, 1.165) is 12.8 Å². The zero-order valence-corrected chi connectivity index (χ0v) is 12.5. The summed E-state index contributed by atoms with van der Waals surface area (Å²) in [6, 6.07) is -0.437. The van der Waals surface area contributed by atoms with Crippen molar-refractivity contribution in [3.05, 3.63) is 0 Å². The third kappa shape index (κ3) is 4.31. The van der Waals surface area contributed by atoms with Crippen LogP contribution in [-0.4, -0.2) is 78.5 Å². The number of carbonyl (C=O) groups is 2. The molecule has 2 saturated heterocycles. The first-order valence-corrected chi connectivity index (χ1v) is 7.58. The van der Waals surface area contributed by atoms with Gasteiger partial charge in [0.2, 0.25) is 0 Å². The van der Waals surface area contributed by atoms with Gasteiger partial charge in [-0.1, -0.05) is 0 Å². The largest absolute Gasteiger partial charge is 0.481 e. The lowest BCUT2D eigenvalue weighted by atomic mass is 10.1. The molecule has 7 heteroatoms. The van der Waals surface area contributed by atoms with Crippen LogP contribution in [0.2, 0.25) is 0 Å². The molecule has 2 rings (SSSR count). The Morgan fingerprint density at radius 3 is 2.62 bits per heavy atom. The minimum Gasteiger partial charge on any atom is -0.481 e. The summed E-state index contributed by atoms with van der Waals surface area (Å²) >= 11 is 0. The number of amides is 2. The van der Waals surface area contributed by atoms with Crippen molar-refractivity contribution < 1.29 is 24.2 Å². The molecule has 0 aromatic rings. The van der Waals surface area contributed by atoms with Gasteiger partial charge in [-0.15, -0.1) is 0 Å². The Balaban J connectivity index is 1.90. The van der Waals surface area contributed by atoms with Crippen molar-refractivity contribution in [1.29, 1.82) is 0 Å². The Morgan fingerprint density at radius 2 is 2.00 bits per heavy atom. The molecule has 1 N–H and O–H groups in total. The number of piperidine rings is 1. The van der Waals surface area contributed by atoms with Gasteiger partial charge in [0.1, 0.15) is 0 Å². The van der Waals surface area contributed by atoms with Crippen molar-refractivity contribution in [1.82, 2.24) is 9.80 Å². The molecule has 2 fully saturated rings. The number of hydrogen-bond donors (Lipinski definition) is 1. The second-order valence-corrected chi connectivity index (χ2v) is 5.44. The fourth-order valence-corrected chi connectivity index (χ4v) is 2.91. The van der Waals surface area contributed by atoms with E-state index in [2.05, 4.69) is 0 Å². The maximum Gasteiger partial charge on any atom is 0.320 e. The van der Waals surface area contributed by atoms with Crippen LogP contribution in [0.4, 0.5) is 4.79 Å². The molecule has 1 unspecified atom stereocenters. The number of carboxylic acid groups (broad SMARTS) is 1. The lowest BCUT2D eigenvalue weighted by Gasteiger charge is -2.40. The molecular formula is C14H24N2O5. The first-order chi connectivity index (χ1) is 10.1. The first kappa shape index (κ1) is 16.0. The summed E-state index contributed by atoms with van der Waals surface area (Å²) in [6.45, 7) is 5.23. The molecule has 1 atom stereocenters. The van der Waals surface area contributed by atoms with Gasteiger partial charge >= 0.3 is 12.0 Å². The van der Waals surface area contributed by atoms with Crippen LogP contribution in [0.15, 0.2) is 0 Å². The summed E-state index contributed by atoms with van der Waals surface area (Å²) in [5.74, 6) is -0.904. The Labute approximate surface area is 124 Å². The zero-order chi connectivity index (χ0) is 15.2. The fraction of sp³-hybridized carbons (Fsp3) is 0.857. The number of urea groups is 1. The zero-order valence-electron chi connectivity index (χ0n) is 12.5. The summed E-state index contributed by atoms with van der Waals surface area (Å²) in [4.78, 5) is 26.9. The van der Waals surface area contributed by atoms with Crippen molar-refractivity contribution in [3.63, 3.8) is 0 Å². The van der Waals surface area contributed by atoms with Crippen LogP contribution >= 0.6 is 0 Å². The van der Waals surface area contributed by atoms with Gasteiger partial charge in [-0.05, 0) is 19.8 Å². The van der Waals surface area contributed by atoms with Crippen LogP contribution in [0.1, 0.15) is 26.2 Å². The summed E-state index contributed by atoms with van der Waals surface area (Å²) in [6.07, 6.45) is 1.85. The number of morpholine rings is 1. The maximum absolute atomic E-state index is 12.6. The molecule has 2 aliphatic rings. The van der Waals surface area contributed by atoms with Crippen LogP contribution in [0.25, 0.3) is 0 Å². The summed E-state index contributed by atoms with van der Waals surface area (Å²) < 4.78 is 10.9. The molecule has 0 saturated carbocycles. The van der Waals surface area contributed by atoms with E-state index in [1.807, 2.05) is 6.92 Å². The van der Waals surface area contributed by atoms with Crippen LogP contribution in [0.3, 0.4) is 0 Å². The minimum absolute atomic E-state index is 0.0683. The monoisotopic (exact) mass is 300 g/mol. The lowest BCUT2D eigenvalue weighted by molar-refractivity contribution is -0.139. The fourth-order valence-electron chi connectivity index (χ4n) is 2.91. The predicted molar refractivity (Wildman–Crippen MR) is 75.2 cm³/mol. The average molecular weight is 300 g/mol. The maximum atomic E-state index is 12.6. The molecule has 2 aliphatic heterocycles. The van der Waals surface area contributed by atoms with Crippen LogP contribution in [0.5, 0.6) is 0 Å². The molecule has 0 aromatic heterocycles. The van der Waals surface area contributed by atoms with E-state index in [0.29, 0.717) is 39.5 Å². The minimum atomic E-state index is -0.904. The lowest BCUT2D eigenvalue weighted by Crippen LogP contribution is -2.55. The van der Waals surface area contributed by atoms with E-state index in [1.54, 1.807) is 9.80 Å². The second kappa shape index (κ2) is 7.61. The topological polar surface area (TPSA) is 79.3 Å². The highest BCUT2D eigenvalue weighted by atomic mass is 16.5. The predicted octanol–water partition coefficient (Wildman–Crippen LogP) is 0.783. The molecule has 21 heavy (non-hydrogen) atoms. The average Bonchev–Trinajstić information content (AvgIpc) is 2.48.